The third-order valence-corrected chi connectivity index (χ3v) is 6.83. The van der Waals surface area contributed by atoms with Crippen molar-refractivity contribution in [2.45, 2.75) is 16.7 Å². The summed E-state index contributed by atoms with van der Waals surface area (Å²) in [6, 6.07) is 11.8. The van der Waals surface area contributed by atoms with Crippen LogP contribution in [0.3, 0.4) is 0 Å². The highest BCUT2D eigenvalue weighted by Crippen LogP contribution is 2.17. The summed E-state index contributed by atoms with van der Waals surface area (Å²) >= 11 is 1.13. The van der Waals surface area contributed by atoms with E-state index in [2.05, 4.69) is 4.72 Å². The molecule has 2 heterocycles. The number of hydrogen-bond acceptors (Lipinski definition) is 5. The number of carbonyl (C=O) groups excluding carboxylic acids is 1. The van der Waals surface area contributed by atoms with Crippen molar-refractivity contribution >= 4 is 27.3 Å². The first kappa shape index (κ1) is 18.1. The Morgan fingerprint density at radius 1 is 1.16 bits per heavy atom. The molecule has 134 valence electrons. The standard InChI is InChI=1S/C17H20N2O4S2/c20-17(19-8-10-23-11-9-19)15(13-14-5-2-1-3-6-14)18-25(21,22)16-7-4-12-24-16/h1-7,12,15,18H,8-11,13H2/t15-/m1/s1. The molecular formula is C17H20N2O4S2. The molecule has 0 aliphatic carbocycles. The average Bonchev–Trinajstić information content (AvgIpc) is 3.18. The van der Waals surface area contributed by atoms with Gasteiger partial charge in [-0.3, -0.25) is 4.79 Å². The smallest absolute Gasteiger partial charge is 0.250 e. The summed E-state index contributed by atoms with van der Waals surface area (Å²) in [5.41, 5.74) is 0.906. The van der Waals surface area contributed by atoms with Gasteiger partial charge in [-0.05, 0) is 23.4 Å². The number of thiophene rings is 1. The first-order chi connectivity index (χ1) is 12.1. The minimum absolute atomic E-state index is 0.209. The van der Waals surface area contributed by atoms with Crippen molar-refractivity contribution < 1.29 is 17.9 Å². The molecule has 1 aromatic carbocycles. The Balaban J connectivity index is 1.82. The van der Waals surface area contributed by atoms with Gasteiger partial charge < -0.3 is 9.64 Å². The second-order valence-electron chi connectivity index (χ2n) is 5.73. The van der Waals surface area contributed by atoms with Gasteiger partial charge in [0.1, 0.15) is 10.3 Å². The maximum absolute atomic E-state index is 12.9. The molecular weight excluding hydrogens is 360 g/mol. The van der Waals surface area contributed by atoms with Crippen LogP contribution >= 0.6 is 11.3 Å². The number of ether oxygens (including phenoxy) is 1. The number of nitrogens with one attached hydrogen (secondary N) is 1. The van der Waals surface area contributed by atoms with Crippen LogP contribution in [-0.4, -0.2) is 51.6 Å². The van der Waals surface area contributed by atoms with Crippen LogP contribution in [0.15, 0.2) is 52.1 Å². The van der Waals surface area contributed by atoms with Gasteiger partial charge >= 0.3 is 0 Å². The predicted octanol–water partition coefficient (Wildman–Crippen LogP) is 1.50. The largest absolute Gasteiger partial charge is 0.378 e. The fourth-order valence-corrected chi connectivity index (χ4v) is 4.89. The van der Waals surface area contributed by atoms with Gasteiger partial charge in [0.25, 0.3) is 10.0 Å². The number of morpholine rings is 1. The van der Waals surface area contributed by atoms with Crippen LogP contribution in [0.25, 0.3) is 0 Å². The molecule has 1 aromatic heterocycles. The molecule has 0 radical (unpaired) electrons. The molecule has 1 amide bonds. The number of rotatable bonds is 6. The summed E-state index contributed by atoms with van der Waals surface area (Å²) in [5, 5.41) is 1.70. The van der Waals surface area contributed by atoms with Crippen LogP contribution in [0.4, 0.5) is 0 Å². The van der Waals surface area contributed by atoms with Crippen molar-refractivity contribution in [3.8, 4) is 0 Å². The Hall–Kier alpha value is -1.74. The lowest BCUT2D eigenvalue weighted by atomic mass is 10.1. The third kappa shape index (κ3) is 4.66. The highest BCUT2D eigenvalue weighted by molar-refractivity contribution is 7.91. The van der Waals surface area contributed by atoms with Crippen LogP contribution in [0.2, 0.25) is 0 Å². The lowest BCUT2D eigenvalue weighted by Crippen LogP contribution is -2.52. The van der Waals surface area contributed by atoms with E-state index in [0.717, 1.165) is 16.9 Å². The van der Waals surface area contributed by atoms with Crippen LogP contribution in [0.5, 0.6) is 0 Å². The maximum Gasteiger partial charge on any atom is 0.250 e. The van der Waals surface area contributed by atoms with Gasteiger partial charge in [0.15, 0.2) is 0 Å². The number of benzene rings is 1. The zero-order chi connectivity index (χ0) is 17.7. The van der Waals surface area contributed by atoms with Crippen molar-refractivity contribution in [2.75, 3.05) is 26.3 Å². The van der Waals surface area contributed by atoms with E-state index < -0.39 is 16.1 Å². The molecule has 8 heteroatoms. The number of amides is 1. The number of sulfonamides is 1. The van der Waals surface area contributed by atoms with E-state index in [1.165, 1.54) is 6.07 Å². The molecule has 0 spiro atoms. The van der Waals surface area contributed by atoms with Crippen LogP contribution in [-0.2, 0) is 26.0 Å². The van der Waals surface area contributed by atoms with Gasteiger partial charge in [0, 0.05) is 13.1 Å². The topological polar surface area (TPSA) is 75.7 Å². The molecule has 0 saturated carbocycles. The molecule has 0 bridgehead atoms. The molecule has 25 heavy (non-hydrogen) atoms. The molecule has 0 unspecified atom stereocenters. The molecule has 6 nitrogen and oxygen atoms in total. The Kier molecular flexibility index (Phi) is 5.85. The fourth-order valence-electron chi connectivity index (χ4n) is 2.70. The first-order valence-electron chi connectivity index (χ1n) is 8.02. The molecule has 2 aromatic rings. The number of carbonyl (C=O) groups is 1. The van der Waals surface area contributed by atoms with E-state index in [9.17, 15) is 13.2 Å². The summed E-state index contributed by atoms with van der Waals surface area (Å²) in [7, 11) is -3.73. The summed E-state index contributed by atoms with van der Waals surface area (Å²) in [4.78, 5) is 14.6. The van der Waals surface area contributed by atoms with Crippen LogP contribution < -0.4 is 4.72 Å². The Labute approximate surface area is 151 Å². The molecule has 1 fully saturated rings. The summed E-state index contributed by atoms with van der Waals surface area (Å²) in [6.07, 6.45) is 0.307. The van der Waals surface area contributed by atoms with E-state index in [1.807, 2.05) is 30.3 Å². The van der Waals surface area contributed by atoms with E-state index in [-0.39, 0.29) is 10.1 Å². The van der Waals surface area contributed by atoms with Crippen LogP contribution in [0, 0.1) is 0 Å². The maximum atomic E-state index is 12.9. The van der Waals surface area contributed by atoms with E-state index in [4.69, 9.17) is 4.74 Å². The zero-order valence-electron chi connectivity index (χ0n) is 13.6. The van der Waals surface area contributed by atoms with Gasteiger partial charge in [-0.25, -0.2) is 8.42 Å². The molecule has 3 rings (SSSR count). The summed E-state index contributed by atoms with van der Waals surface area (Å²) in [6.45, 7) is 1.90. The van der Waals surface area contributed by atoms with Gasteiger partial charge in [-0.1, -0.05) is 36.4 Å². The zero-order valence-corrected chi connectivity index (χ0v) is 15.3. The fraction of sp³-hybridized carbons (Fsp3) is 0.353. The molecule has 1 saturated heterocycles. The predicted molar refractivity (Wildman–Crippen MR) is 96.0 cm³/mol. The average molecular weight is 380 g/mol. The molecule has 1 atom stereocenters. The Bertz CT molecular complexity index is 785. The number of hydrogen-bond donors (Lipinski definition) is 1. The van der Waals surface area contributed by atoms with Crippen molar-refractivity contribution in [1.29, 1.82) is 0 Å². The van der Waals surface area contributed by atoms with Crippen molar-refractivity contribution in [3.05, 3.63) is 53.4 Å². The molecule has 1 aliphatic rings. The van der Waals surface area contributed by atoms with Gasteiger partial charge in [0.05, 0.1) is 13.2 Å². The molecule has 1 aliphatic heterocycles. The molecule has 1 N–H and O–H groups in total. The SMILES string of the molecule is O=C([C@@H](Cc1ccccc1)NS(=O)(=O)c1cccs1)N1CCOCC1. The summed E-state index contributed by atoms with van der Waals surface area (Å²) in [5.74, 6) is -0.215. The summed E-state index contributed by atoms with van der Waals surface area (Å²) < 4.78 is 33.2. The monoisotopic (exact) mass is 380 g/mol. The highest BCUT2D eigenvalue weighted by Gasteiger charge is 2.30. The lowest BCUT2D eigenvalue weighted by molar-refractivity contribution is -0.137. The Morgan fingerprint density at radius 2 is 1.88 bits per heavy atom. The quantitative estimate of drug-likeness (QED) is 0.824. The minimum atomic E-state index is -3.73. The lowest BCUT2D eigenvalue weighted by Gasteiger charge is -2.30. The normalized spacial score (nSPS) is 16.6. The highest BCUT2D eigenvalue weighted by atomic mass is 32.2. The van der Waals surface area contributed by atoms with Gasteiger partial charge in [0.2, 0.25) is 5.91 Å². The van der Waals surface area contributed by atoms with E-state index in [0.29, 0.717) is 32.7 Å². The Morgan fingerprint density at radius 3 is 2.52 bits per heavy atom. The van der Waals surface area contributed by atoms with Gasteiger partial charge in [-0.2, -0.15) is 4.72 Å². The van der Waals surface area contributed by atoms with Crippen molar-refractivity contribution in [2.24, 2.45) is 0 Å². The van der Waals surface area contributed by atoms with Crippen LogP contribution in [0.1, 0.15) is 5.56 Å². The number of nitrogens with zero attached hydrogens (tertiary/aromatic N) is 1. The second kappa shape index (κ2) is 8.09. The van der Waals surface area contributed by atoms with E-state index >= 15 is 0 Å². The van der Waals surface area contributed by atoms with E-state index in [1.54, 1.807) is 16.3 Å². The minimum Gasteiger partial charge on any atom is -0.378 e. The van der Waals surface area contributed by atoms with Gasteiger partial charge in [-0.15, -0.1) is 11.3 Å². The first-order valence-corrected chi connectivity index (χ1v) is 10.4. The van der Waals surface area contributed by atoms with Crippen molar-refractivity contribution in [1.82, 2.24) is 9.62 Å². The second-order valence-corrected chi connectivity index (χ2v) is 8.62. The van der Waals surface area contributed by atoms with Crippen molar-refractivity contribution in [3.63, 3.8) is 0 Å². The third-order valence-electron chi connectivity index (χ3n) is 3.96.